The Bertz CT molecular complexity index is 1190. The number of imidazole rings is 1. The number of benzene rings is 3. The number of para-hydroxylation sites is 3. The van der Waals surface area contributed by atoms with E-state index in [4.69, 9.17) is 21.3 Å². The van der Waals surface area contributed by atoms with E-state index < -0.39 is 0 Å². The molecule has 0 aliphatic carbocycles. The summed E-state index contributed by atoms with van der Waals surface area (Å²) >= 11 is 6.15. The van der Waals surface area contributed by atoms with Crippen molar-refractivity contribution in [3.63, 3.8) is 0 Å². The van der Waals surface area contributed by atoms with Gasteiger partial charge in [-0.1, -0.05) is 60.1 Å². The van der Waals surface area contributed by atoms with Crippen LogP contribution < -0.4 is 10.1 Å². The van der Waals surface area contributed by atoms with E-state index in [-0.39, 0.29) is 5.91 Å². The number of carbonyl (C=O) groups is 1. The maximum Gasteiger partial charge on any atom is 0.224 e. The maximum absolute atomic E-state index is 12.3. The zero-order valence-electron chi connectivity index (χ0n) is 18.5. The van der Waals surface area contributed by atoms with Crippen molar-refractivity contribution in [2.24, 2.45) is 0 Å². The topological polar surface area (TPSA) is 56.2 Å². The lowest BCUT2D eigenvalue weighted by molar-refractivity contribution is -0.120. The fraction of sp³-hybridized carbons (Fsp3) is 0.259. The SMILES string of the molecule is O=C(Cc1ccccc1Cl)NCCCc1nc2ccccc2n1CCCOc1ccccc1. The molecule has 4 rings (SSSR count). The molecule has 1 heterocycles. The normalized spacial score (nSPS) is 10.9. The number of fused-ring (bicyclic) bond motifs is 1. The molecule has 0 atom stereocenters. The molecule has 5 nitrogen and oxygen atoms in total. The third-order valence-corrected chi connectivity index (χ3v) is 5.85. The van der Waals surface area contributed by atoms with E-state index in [2.05, 4.69) is 16.0 Å². The maximum atomic E-state index is 12.3. The molecule has 4 aromatic rings. The van der Waals surface area contributed by atoms with E-state index in [1.165, 1.54) is 0 Å². The van der Waals surface area contributed by atoms with Crippen molar-refractivity contribution < 1.29 is 9.53 Å². The largest absolute Gasteiger partial charge is 0.494 e. The lowest BCUT2D eigenvalue weighted by Crippen LogP contribution is -2.26. The molecule has 0 fully saturated rings. The molecule has 3 aromatic carbocycles. The van der Waals surface area contributed by atoms with Gasteiger partial charge in [0, 0.05) is 24.5 Å². The number of aryl methyl sites for hydroxylation is 2. The van der Waals surface area contributed by atoms with Gasteiger partial charge in [0.1, 0.15) is 11.6 Å². The van der Waals surface area contributed by atoms with E-state index in [1.54, 1.807) is 6.07 Å². The number of halogens is 1. The van der Waals surface area contributed by atoms with Gasteiger partial charge in [0.05, 0.1) is 24.1 Å². The van der Waals surface area contributed by atoms with Crippen LogP contribution >= 0.6 is 11.6 Å². The van der Waals surface area contributed by atoms with Gasteiger partial charge in [-0.15, -0.1) is 0 Å². The van der Waals surface area contributed by atoms with Crippen LogP contribution in [0.3, 0.4) is 0 Å². The van der Waals surface area contributed by atoms with Crippen LogP contribution in [-0.2, 0) is 24.2 Å². The molecule has 0 aliphatic heterocycles. The highest BCUT2D eigenvalue weighted by molar-refractivity contribution is 6.31. The minimum Gasteiger partial charge on any atom is -0.494 e. The summed E-state index contributed by atoms with van der Waals surface area (Å²) in [6.07, 6.45) is 2.79. The standard InChI is InChI=1S/C27H28ClN3O2/c28-23-13-5-4-10-21(23)20-27(32)29-17-8-16-26-30-24-14-6-7-15-25(24)31(26)18-9-19-33-22-11-2-1-3-12-22/h1-7,10-15H,8-9,16-20H2,(H,29,32). The van der Waals surface area contributed by atoms with Crippen LogP contribution in [0.1, 0.15) is 24.2 Å². The quantitative estimate of drug-likeness (QED) is 0.302. The predicted octanol–water partition coefficient (Wildman–Crippen LogP) is 5.45. The number of nitrogens with zero attached hydrogens (tertiary/aromatic N) is 2. The average Bonchev–Trinajstić information content (AvgIpc) is 3.19. The molecule has 6 heteroatoms. The fourth-order valence-electron chi connectivity index (χ4n) is 3.85. The average molecular weight is 462 g/mol. The Balaban J connectivity index is 1.29. The summed E-state index contributed by atoms with van der Waals surface area (Å²) in [7, 11) is 0. The molecule has 0 saturated carbocycles. The first kappa shape index (κ1) is 22.9. The summed E-state index contributed by atoms with van der Waals surface area (Å²) in [5.74, 6) is 1.91. The second kappa shape index (κ2) is 11.5. The van der Waals surface area contributed by atoms with Crippen LogP contribution in [0.15, 0.2) is 78.9 Å². The first-order valence-corrected chi connectivity index (χ1v) is 11.7. The van der Waals surface area contributed by atoms with E-state index in [0.29, 0.717) is 24.6 Å². The van der Waals surface area contributed by atoms with Crippen molar-refractivity contribution in [3.8, 4) is 5.75 Å². The lowest BCUT2D eigenvalue weighted by atomic mass is 10.1. The number of hydrogen-bond donors (Lipinski definition) is 1. The minimum absolute atomic E-state index is 0.0188. The van der Waals surface area contributed by atoms with E-state index in [0.717, 1.165) is 54.0 Å². The molecule has 170 valence electrons. The molecule has 1 aromatic heterocycles. The van der Waals surface area contributed by atoms with Crippen molar-refractivity contribution in [1.29, 1.82) is 0 Å². The Kier molecular flexibility index (Phi) is 7.99. The monoisotopic (exact) mass is 461 g/mol. The summed E-state index contributed by atoms with van der Waals surface area (Å²) in [6.45, 7) is 2.08. The Morgan fingerprint density at radius 2 is 1.70 bits per heavy atom. The Morgan fingerprint density at radius 1 is 0.939 bits per heavy atom. The summed E-state index contributed by atoms with van der Waals surface area (Å²) in [5, 5.41) is 3.62. The summed E-state index contributed by atoms with van der Waals surface area (Å²) < 4.78 is 8.12. The van der Waals surface area contributed by atoms with E-state index >= 15 is 0 Å². The van der Waals surface area contributed by atoms with Crippen LogP contribution in [0.25, 0.3) is 11.0 Å². The fourth-order valence-corrected chi connectivity index (χ4v) is 4.05. The zero-order chi connectivity index (χ0) is 22.9. The lowest BCUT2D eigenvalue weighted by Gasteiger charge is -2.11. The van der Waals surface area contributed by atoms with Crippen LogP contribution in [0.5, 0.6) is 5.75 Å². The predicted molar refractivity (Wildman–Crippen MR) is 133 cm³/mol. The molecule has 1 N–H and O–H groups in total. The van der Waals surface area contributed by atoms with Gasteiger partial charge >= 0.3 is 0 Å². The smallest absolute Gasteiger partial charge is 0.224 e. The van der Waals surface area contributed by atoms with Gasteiger partial charge in [-0.2, -0.15) is 0 Å². The van der Waals surface area contributed by atoms with E-state index in [9.17, 15) is 4.79 Å². The number of nitrogens with one attached hydrogen (secondary N) is 1. The number of hydrogen-bond acceptors (Lipinski definition) is 3. The first-order valence-electron chi connectivity index (χ1n) is 11.3. The molecule has 0 aliphatic rings. The van der Waals surface area contributed by atoms with Crippen molar-refractivity contribution >= 4 is 28.5 Å². The van der Waals surface area contributed by atoms with Gasteiger partial charge in [0.25, 0.3) is 0 Å². The van der Waals surface area contributed by atoms with Crippen LogP contribution in [-0.4, -0.2) is 28.6 Å². The number of carbonyl (C=O) groups excluding carboxylic acids is 1. The highest BCUT2D eigenvalue weighted by Crippen LogP contribution is 2.18. The van der Waals surface area contributed by atoms with Crippen molar-refractivity contribution in [1.82, 2.24) is 14.9 Å². The summed E-state index contributed by atoms with van der Waals surface area (Å²) in [5.41, 5.74) is 2.98. The van der Waals surface area contributed by atoms with Gasteiger partial charge in [0.15, 0.2) is 0 Å². The van der Waals surface area contributed by atoms with Gasteiger partial charge in [-0.3, -0.25) is 4.79 Å². The zero-order valence-corrected chi connectivity index (χ0v) is 19.3. The second-order valence-electron chi connectivity index (χ2n) is 7.91. The molecule has 1 amide bonds. The number of rotatable bonds is 11. The molecular weight excluding hydrogens is 434 g/mol. The Morgan fingerprint density at radius 3 is 2.55 bits per heavy atom. The molecule has 0 spiro atoms. The number of ether oxygens (including phenoxy) is 1. The highest BCUT2D eigenvalue weighted by atomic mass is 35.5. The number of amides is 1. The Hall–Kier alpha value is -3.31. The molecule has 33 heavy (non-hydrogen) atoms. The van der Waals surface area contributed by atoms with Gasteiger partial charge < -0.3 is 14.6 Å². The Labute approximate surface area is 199 Å². The van der Waals surface area contributed by atoms with Crippen molar-refractivity contribution in [2.75, 3.05) is 13.2 Å². The van der Waals surface area contributed by atoms with Crippen molar-refractivity contribution in [2.45, 2.75) is 32.2 Å². The molecular formula is C27H28ClN3O2. The third-order valence-electron chi connectivity index (χ3n) is 5.48. The van der Waals surface area contributed by atoms with Gasteiger partial charge in [-0.25, -0.2) is 4.98 Å². The molecule has 0 radical (unpaired) electrons. The first-order chi connectivity index (χ1) is 16.2. The van der Waals surface area contributed by atoms with Crippen LogP contribution in [0.4, 0.5) is 0 Å². The van der Waals surface area contributed by atoms with Crippen molar-refractivity contribution in [3.05, 3.63) is 95.3 Å². The second-order valence-corrected chi connectivity index (χ2v) is 8.31. The number of aromatic nitrogens is 2. The van der Waals surface area contributed by atoms with Crippen LogP contribution in [0.2, 0.25) is 5.02 Å². The highest BCUT2D eigenvalue weighted by Gasteiger charge is 2.11. The molecule has 0 saturated heterocycles. The third kappa shape index (κ3) is 6.36. The molecule has 0 unspecified atom stereocenters. The van der Waals surface area contributed by atoms with E-state index in [1.807, 2.05) is 66.7 Å². The van der Waals surface area contributed by atoms with Gasteiger partial charge in [-0.05, 0) is 48.7 Å². The summed E-state index contributed by atoms with van der Waals surface area (Å²) in [4.78, 5) is 17.1. The van der Waals surface area contributed by atoms with Crippen LogP contribution in [0, 0.1) is 0 Å². The van der Waals surface area contributed by atoms with Gasteiger partial charge in [0.2, 0.25) is 5.91 Å². The summed E-state index contributed by atoms with van der Waals surface area (Å²) in [6, 6.07) is 25.5. The minimum atomic E-state index is -0.0188. The molecule has 0 bridgehead atoms.